The van der Waals surface area contributed by atoms with Gasteiger partial charge in [0.25, 0.3) is 0 Å². The topological polar surface area (TPSA) is 47.8 Å². The van der Waals surface area contributed by atoms with Crippen molar-refractivity contribution in [3.05, 3.63) is 46.2 Å². The van der Waals surface area contributed by atoms with Crippen molar-refractivity contribution in [1.82, 2.24) is 15.0 Å². The van der Waals surface area contributed by atoms with Crippen molar-refractivity contribution in [3.8, 4) is 0 Å². The minimum absolute atomic E-state index is 0.126. The van der Waals surface area contributed by atoms with Crippen LogP contribution in [0.4, 0.5) is 0 Å². The second-order valence-electron chi connectivity index (χ2n) is 5.22. The summed E-state index contributed by atoms with van der Waals surface area (Å²) < 4.78 is 2.92. The van der Waals surface area contributed by atoms with Crippen molar-refractivity contribution >= 4 is 21.7 Å². The number of Topliss-reactive ketones (excluding diaryl/α,β-unsaturated/α-hetero) is 1. The number of carbonyl (C=O) groups is 1. The zero-order chi connectivity index (χ0) is 13.5. The number of hydrogen-bond donors (Lipinski definition) is 0. The van der Waals surface area contributed by atoms with Crippen molar-refractivity contribution in [2.45, 2.75) is 31.7 Å². The lowest BCUT2D eigenvalue weighted by atomic mass is 9.63. The quantitative estimate of drug-likeness (QED) is 0.873. The fourth-order valence-electron chi connectivity index (χ4n) is 2.68. The monoisotopic (exact) mass is 319 g/mol. The third-order valence-corrected chi connectivity index (χ3v) is 4.27. The van der Waals surface area contributed by atoms with E-state index in [0.717, 1.165) is 10.2 Å². The number of aryl methyl sites for hydroxylation is 1. The lowest BCUT2D eigenvalue weighted by molar-refractivity contribution is -0.129. The van der Waals surface area contributed by atoms with Crippen LogP contribution in [-0.2, 0) is 16.8 Å². The largest absolute Gasteiger partial charge is 0.300 e. The lowest BCUT2D eigenvalue weighted by Gasteiger charge is -2.41. The summed E-state index contributed by atoms with van der Waals surface area (Å²) in [6.07, 6.45) is 2.92. The van der Waals surface area contributed by atoms with E-state index >= 15 is 0 Å². The van der Waals surface area contributed by atoms with Crippen LogP contribution in [0.15, 0.2) is 34.9 Å². The van der Waals surface area contributed by atoms with Crippen LogP contribution in [0.3, 0.4) is 0 Å². The van der Waals surface area contributed by atoms with E-state index in [1.807, 2.05) is 23.7 Å². The Kier molecular flexibility index (Phi) is 3.01. The molecule has 2 aromatic rings. The van der Waals surface area contributed by atoms with Gasteiger partial charge in [0.2, 0.25) is 0 Å². The first-order chi connectivity index (χ1) is 9.09. The van der Waals surface area contributed by atoms with E-state index in [0.29, 0.717) is 25.2 Å². The van der Waals surface area contributed by atoms with Crippen LogP contribution < -0.4 is 0 Å². The number of ketones is 1. The molecule has 1 fully saturated rings. The molecule has 19 heavy (non-hydrogen) atoms. The first kappa shape index (κ1) is 12.5. The molecule has 0 unspecified atom stereocenters. The Morgan fingerprint density at radius 1 is 1.42 bits per heavy atom. The molecule has 3 rings (SSSR count). The predicted molar refractivity (Wildman–Crippen MR) is 74.8 cm³/mol. The van der Waals surface area contributed by atoms with E-state index in [1.165, 1.54) is 5.56 Å². The van der Waals surface area contributed by atoms with Gasteiger partial charge in [-0.15, -0.1) is 5.10 Å². The molecule has 1 aliphatic rings. The molecule has 0 aliphatic heterocycles. The molecule has 0 saturated heterocycles. The van der Waals surface area contributed by atoms with Crippen molar-refractivity contribution in [2.75, 3.05) is 0 Å². The minimum atomic E-state index is -0.126. The van der Waals surface area contributed by atoms with Gasteiger partial charge in [0.05, 0.1) is 18.4 Å². The van der Waals surface area contributed by atoms with Crippen LogP contribution in [0.5, 0.6) is 0 Å². The van der Waals surface area contributed by atoms with E-state index in [1.54, 1.807) is 6.20 Å². The summed E-state index contributed by atoms with van der Waals surface area (Å²) in [7, 11) is 0. The van der Waals surface area contributed by atoms with Crippen LogP contribution in [0, 0.1) is 6.92 Å². The molecule has 98 valence electrons. The van der Waals surface area contributed by atoms with Gasteiger partial charge in [0, 0.05) is 22.7 Å². The van der Waals surface area contributed by atoms with Crippen molar-refractivity contribution in [1.29, 1.82) is 0 Å². The average molecular weight is 320 g/mol. The molecular weight excluding hydrogens is 306 g/mol. The fraction of sp³-hybridized carbons (Fsp3) is 0.357. The molecule has 5 heteroatoms. The molecule has 1 aromatic carbocycles. The number of halogens is 1. The van der Waals surface area contributed by atoms with Gasteiger partial charge >= 0.3 is 0 Å². The van der Waals surface area contributed by atoms with E-state index in [9.17, 15) is 4.79 Å². The zero-order valence-electron chi connectivity index (χ0n) is 10.6. The maximum atomic E-state index is 11.5. The van der Waals surface area contributed by atoms with Crippen LogP contribution >= 0.6 is 15.9 Å². The molecule has 4 nitrogen and oxygen atoms in total. The molecule has 1 heterocycles. The van der Waals surface area contributed by atoms with E-state index < -0.39 is 0 Å². The summed E-state index contributed by atoms with van der Waals surface area (Å²) in [5.41, 5.74) is 2.09. The predicted octanol–water partition coefficient (Wildman–Crippen LogP) is 2.65. The average Bonchev–Trinajstić information content (AvgIpc) is 2.72. The highest BCUT2D eigenvalue weighted by Gasteiger charge is 2.45. The van der Waals surface area contributed by atoms with Gasteiger partial charge in [-0.3, -0.25) is 4.79 Å². The molecule has 0 bridgehead atoms. The number of nitrogens with zero attached hydrogens (tertiary/aromatic N) is 3. The molecule has 0 radical (unpaired) electrons. The van der Waals surface area contributed by atoms with Gasteiger partial charge in [-0.2, -0.15) is 0 Å². The summed E-state index contributed by atoms with van der Waals surface area (Å²) in [4.78, 5) is 11.5. The maximum Gasteiger partial charge on any atom is 0.134 e. The fourth-order valence-corrected chi connectivity index (χ4v) is 3.08. The Balaban J connectivity index is 1.96. The Labute approximate surface area is 119 Å². The number of carbonyl (C=O) groups excluding carboxylic acids is 1. The van der Waals surface area contributed by atoms with Gasteiger partial charge in [0.15, 0.2) is 0 Å². The number of aromatic nitrogens is 3. The molecule has 1 aromatic heterocycles. The highest BCUT2D eigenvalue weighted by molar-refractivity contribution is 9.10. The standard InChI is InChI=1S/C14H14BrN3O/c1-10-8-16-17-18(10)9-14(6-13(19)7-14)11-3-2-4-12(15)5-11/h2-5,8H,6-7,9H2,1H3. The van der Waals surface area contributed by atoms with Gasteiger partial charge in [-0.25, -0.2) is 4.68 Å². The number of benzene rings is 1. The Morgan fingerprint density at radius 3 is 2.79 bits per heavy atom. The van der Waals surface area contributed by atoms with Gasteiger partial charge in [-0.05, 0) is 24.6 Å². The van der Waals surface area contributed by atoms with E-state index in [-0.39, 0.29) is 5.41 Å². The molecule has 0 amide bonds. The molecule has 1 saturated carbocycles. The molecule has 1 aliphatic carbocycles. The second kappa shape index (κ2) is 4.56. The van der Waals surface area contributed by atoms with Gasteiger partial charge < -0.3 is 0 Å². The summed E-state index contributed by atoms with van der Waals surface area (Å²) in [5, 5.41) is 8.01. The second-order valence-corrected chi connectivity index (χ2v) is 6.13. The molecule has 0 atom stereocenters. The summed E-state index contributed by atoms with van der Waals surface area (Å²) in [5.74, 6) is 0.317. The minimum Gasteiger partial charge on any atom is -0.300 e. The van der Waals surface area contributed by atoms with Crippen LogP contribution in [0.1, 0.15) is 24.1 Å². The lowest BCUT2D eigenvalue weighted by Crippen LogP contribution is -2.45. The van der Waals surface area contributed by atoms with Gasteiger partial charge in [0.1, 0.15) is 5.78 Å². The van der Waals surface area contributed by atoms with E-state index in [2.05, 4.69) is 38.4 Å². The Bertz CT molecular complexity index is 627. The van der Waals surface area contributed by atoms with Gasteiger partial charge in [-0.1, -0.05) is 33.3 Å². The Hall–Kier alpha value is -1.49. The van der Waals surface area contributed by atoms with Crippen molar-refractivity contribution in [2.24, 2.45) is 0 Å². The van der Waals surface area contributed by atoms with Crippen molar-refractivity contribution < 1.29 is 4.79 Å². The summed E-state index contributed by atoms with van der Waals surface area (Å²) in [6, 6.07) is 8.19. The molecule has 0 N–H and O–H groups in total. The first-order valence-electron chi connectivity index (χ1n) is 6.22. The zero-order valence-corrected chi connectivity index (χ0v) is 12.2. The normalized spacial score (nSPS) is 17.3. The molecular formula is C14H14BrN3O. The summed E-state index contributed by atoms with van der Waals surface area (Å²) in [6.45, 7) is 2.69. The summed E-state index contributed by atoms with van der Waals surface area (Å²) >= 11 is 3.50. The SMILES string of the molecule is Cc1cnnn1CC1(c2cccc(Br)c2)CC(=O)C1. The van der Waals surface area contributed by atoms with Crippen molar-refractivity contribution in [3.63, 3.8) is 0 Å². The maximum absolute atomic E-state index is 11.5. The number of hydrogen-bond acceptors (Lipinski definition) is 3. The number of rotatable bonds is 3. The first-order valence-corrected chi connectivity index (χ1v) is 7.01. The third kappa shape index (κ3) is 2.23. The smallest absolute Gasteiger partial charge is 0.134 e. The Morgan fingerprint density at radius 2 is 2.21 bits per heavy atom. The highest BCUT2D eigenvalue weighted by Crippen LogP contribution is 2.43. The highest BCUT2D eigenvalue weighted by atomic mass is 79.9. The third-order valence-electron chi connectivity index (χ3n) is 3.77. The van der Waals surface area contributed by atoms with E-state index in [4.69, 9.17) is 0 Å². The molecule has 0 spiro atoms. The van der Waals surface area contributed by atoms with Crippen LogP contribution in [0.25, 0.3) is 0 Å². The van der Waals surface area contributed by atoms with Crippen LogP contribution in [-0.4, -0.2) is 20.8 Å². The van der Waals surface area contributed by atoms with Crippen LogP contribution in [0.2, 0.25) is 0 Å².